The number of aryl methyl sites for hydroxylation is 1. The molecule has 0 fully saturated rings. The van der Waals surface area contributed by atoms with Gasteiger partial charge in [0.05, 0.1) is 6.10 Å². The molecule has 17 heavy (non-hydrogen) atoms. The lowest BCUT2D eigenvalue weighted by Gasteiger charge is -2.28. The lowest BCUT2D eigenvalue weighted by molar-refractivity contribution is 0.139. The maximum Gasteiger partial charge on any atom is 0.184 e. The van der Waals surface area contributed by atoms with Gasteiger partial charge in [0, 0.05) is 0 Å². The largest absolute Gasteiger partial charge is 0.410 e. The lowest BCUT2D eigenvalue weighted by atomic mass is 10.0. The van der Waals surface area contributed by atoms with Crippen molar-refractivity contribution in [3.63, 3.8) is 0 Å². The van der Waals surface area contributed by atoms with Crippen molar-refractivity contribution < 1.29 is 4.43 Å². The maximum absolute atomic E-state index is 6.42. The van der Waals surface area contributed by atoms with Crippen LogP contribution in [0.25, 0.3) is 0 Å². The smallest absolute Gasteiger partial charge is 0.184 e. The van der Waals surface area contributed by atoms with E-state index in [1.165, 1.54) is 24.0 Å². The van der Waals surface area contributed by atoms with E-state index in [0.29, 0.717) is 12.0 Å². The van der Waals surface area contributed by atoms with Gasteiger partial charge < -0.3 is 4.43 Å². The molecule has 0 heterocycles. The van der Waals surface area contributed by atoms with E-state index in [0.717, 1.165) is 0 Å². The van der Waals surface area contributed by atoms with E-state index in [1.807, 2.05) is 0 Å². The van der Waals surface area contributed by atoms with E-state index in [4.69, 9.17) is 4.43 Å². The number of rotatable bonds is 3. The predicted molar refractivity (Wildman–Crippen MR) is 75.8 cm³/mol. The van der Waals surface area contributed by atoms with Crippen LogP contribution in [0, 0.1) is 12.8 Å². The van der Waals surface area contributed by atoms with Crippen LogP contribution in [0.3, 0.4) is 0 Å². The van der Waals surface area contributed by atoms with Gasteiger partial charge in [0.25, 0.3) is 0 Å². The third kappa shape index (κ3) is 2.63. The summed E-state index contributed by atoms with van der Waals surface area (Å²) >= 11 is 0. The summed E-state index contributed by atoms with van der Waals surface area (Å²) in [5.41, 5.74) is 4.43. The fourth-order valence-corrected chi connectivity index (χ4v) is 3.87. The van der Waals surface area contributed by atoms with E-state index in [2.05, 4.69) is 51.7 Å². The second-order valence-corrected chi connectivity index (χ2v) is 10.6. The van der Waals surface area contributed by atoms with Gasteiger partial charge in [-0.2, -0.15) is 0 Å². The van der Waals surface area contributed by atoms with Crippen LogP contribution in [0.1, 0.15) is 36.1 Å². The molecule has 2 atom stereocenters. The fraction of sp³-hybridized carbons (Fsp3) is 0.600. The summed E-state index contributed by atoms with van der Waals surface area (Å²) in [6, 6.07) is 6.66. The van der Waals surface area contributed by atoms with Crippen molar-refractivity contribution in [2.24, 2.45) is 5.92 Å². The Morgan fingerprint density at radius 3 is 2.59 bits per heavy atom. The zero-order chi connectivity index (χ0) is 12.6. The molecular formula is C15H24OSi. The van der Waals surface area contributed by atoms with Crippen LogP contribution in [0.15, 0.2) is 18.2 Å². The van der Waals surface area contributed by atoms with Gasteiger partial charge >= 0.3 is 0 Å². The summed E-state index contributed by atoms with van der Waals surface area (Å²) in [7, 11) is -1.47. The molecule has 0 aromatic heterocycles. The van der Waals surface area contributed by atoms with Crippen molar-refractivity contribution in [3.8, 4) is 0 Å². The highest BCUT2D eigenvalue weighted by molar-refractivity contribution is 6.69. The first-order valence-corrected chi connectivity index (χ1v) is 10.1. The summed E-state index contributed by atoms with van der Waals surface area (Å²) in [5, 5.41) is 0. The third-order valence-corrected chi connectivity index (χ3v) is 4.61. The van der Waals surface area contributed by atoms with Crippen LogP contribution >= 0.6 is 0 Å². The minimum absolute atomic E-state index is 0.349. The molecule has 0 saturated heterocycles. The number of hydrogen-bond acceptors (Lipinski definition) is 1. The van der Waals surface area contributed by atoms with Crippen molar-refractivity contribution in [1.29, 1.82) is 0 Å². The average molecular weight is 248 g/mol. The molecule has 1 aromatic rings. The van der Waals surface area contributed by atoms with Crippen LogP contribution in [0.4, 0.5) is 0 Å². The molecule has 0 N–H and O–H groups in total. The van der Waals surface area contributed by atoms with Gasteiger partial charge in [-0.1, -0.05) is 31.5 Å². The van der Waals surface area contributed by atoms with Crippen LogP contribution in [0.5, 0.6) is 0 Å². The monoisotopic (exact) mass is 248 g/mol. The molecule has 0 spiro atoms. The van der Waals surface area contributed by atoms with Gasteiger partial charge in [-0.3, -0.25) is 0 Å². The predicted octanol–water partition coefficient (Wildman–Crippen LogP) is 4.47. The van der Waals surface area contributed by atoms with Crippen LogP contribution in [-0.4, -0.2) is 8.32 Å². The van der Waals surface area contributed by atoms with Gasteiger partial charge in [-0.05, 0) is 55.6 Å². The Morgan fingerprint density at radius 2 is 2.00 bits per heavy atom. The quantitative estimate of drug-likeness (QED) is 0.717. The van der Waals surface area contributed by atoms with Gasteiger partial charge in [0.2, 0.25) is 0 Å². The third-order valence-electron chi connectivity index (χ3n) is 3.65. The van der Waals surface area contributed by atoms with Gasteiger partial charge in [0.1, 0.15) is 0 Å². The second kappa shape index (κ2) is 4.58. The Labute approximate surface area is 106 Å². The minimum Gasteiger partial charge on any atom is -0.410 e. The first-order valence-electron chi connectivity index (χ1n) is 6.68. The molecule has 0 bridgehead atoms. The highest BCUT2D eigenvalue weighted by atomic mass is 28.4. The molecule has 2 heteroatoms. The SMILES string of the molecule is CCC1Cc2c(C)cccc2C1O[Si](C)(C)C. The first kappa shape index (κ1) is 12.8. The Kier molecular flexibility index (Phi) is 3.46. The lowest BCUT2D eigenvalue weighted by Crippen LogP contribution is -2.29. The van der Waals surface area contributed by atoms with E-state index >= 15 is 0 Å². The van der Waals surface area contributed by atoms with E-state index in [-0.39, 0.29) is 0 Å². The molecule has 1 aromatic carbocycles. The van der Waals surface area contributed by atoms with Gasteiger partial charge in [-0.25, -0.2) is 0 Å². The van der Waals surface area contributed by atoms with Crippen LogP contribution in [-0.2, 0) is 10.8 Å². The van der Waals surface area contributed by atoms with Crippen molar-refractivity contribution in [1.82, 2.24) is 0 Å². The van der Waals surface area contributed by atoms with Crippen molar-refractivity contribution in [2.75, 3.05) is 0 Å². The molecule has 1 aliphatic rings. The van der Waals surface area contributed by atoms with Crippen molar-refractivity contribution >= 4 is 8.32 Å². The number of hydrogen-bond donors (Lipinski definition) is 0. The normalized spacial score (nSPS) is 23.8. The molecule has 2 rings (SSSR count). The molecule has 0 radical (unpaired) electrons. The highest BCUT2D eigenvalue weighted by Crippen LogP contribution is 2.43. The summed E-state index contributed by atoms with van der Waals surface area (Å²) in [4.78, 5) is 0. The van der Waals surface area contributed by atoms with E-state index in [9.17, 15) is 0 Å². The van der Waals surface area contributed by atoms with Gasteiger partial charge in [-0.15, -0.1) is 0 Å². The zero-order valence-corrected chi connectivity index (χ0v) is 12.7. The van der Waals surface area contributed by atoms with Crippen LogP contribution < -0.4 is 0 Å². The fourth-order valence-electron chi connectivity index (χ4n) is 2.79. The summed E-state index contributed by atoms with van der Waals surface area (Å²) in [6.45, 7) is 11.4. The molecule has 94 valence electrons. The summed E-state index contributed by atoms with van der Waals surface area (Å²) in [6.07, 6.45) is 2.76. The molecular weight excluding hydrogens is 224 g/mol. The molecule has 0 amide bonds. The van der Waals surface area contributed by atoms with Crippen molar-refractivity contribution in [3.05, 3.63) is 34.9 Å². The standard InChI is InChI=1S/C15H24OSi/c1-6-12-10-14-11(2)8-7-9-13(14)15(12)16-17(3,4)5/h7-9,12,15H,6,10H2,1-5H3. The molecule has 1 aliphatic carbocycles. The van der Waals surface area contributed by atoms with Gasteiger partial charge in [0.15, 0.2) is 8.32 Å². The Bertz CT molecular complexity index is 406. The Morgan fingerprint density at radius 1 is 1.29 bits per heavy atom. The first-order chi connectivity index (χ1) is 7.92. The Balaban J connectivity index is 2.34. The topological polar surface area (TPSA) is 9.23 Å². The van der Waals surface area contributed by atoms with Crippen molar-refractivity contribution in [2.45, 2.75) is 52.4 Å². The highest BCUT2D eigenvalue weighted by Gasteiger charge is 2.35. The van der Waals surface area contributed by atoms with Crippen LogP contribution in [0.2, 0.25) is 19.6 Å². The number of benzene rings is 1. The minimum atomic E-state index is -1.47. The average Bonchev–Trinajstić information content (AvgIpc) is 2.56. The van der Waals surface area contributed by atoms with E-state index < -0.39 is 8.32 Å². The maximum atomic E-state index is 6.42. The van der Waals surface area contributed by atoms with E-state index in [1.54, 1.807) is 5.56 Å². The molecule has 0 aliphatic heterocycles. The number of fused-ring (bicyclic) bond motifs is 1. The molecule has 2 unspecified atom stereocenters. The molecule has 0 saturated carbocycles. The Hall–Kier alpha value is -0.603. The zero-order valence-electron chi connectivity index (χ0n) is 11.7. The second-order valence-electron chi connectivity index (χ2n) is 6.17. The summed E-state index contributed by atoms with van der Waals surface area (Å²) < 4.78 is 6.42. The molecule has 1 nitrogen and oxygen atoms in total. The summed E-state index contributed by atoms with van der Waals surface area (Å²) in [5.74, 6) is 0.679.